The highest BCUT2D eigenvalue weighted by molar-refractivity contribution is 5.89. The molecule has 2 nitrogen and oxygen atoms in total. The fraction of sp³-hybridized carbons (Fsp3) is 0.0625. The van der Waals surface area contributed by atoms with E-state index in [1.54, 1.807) is 0 Å². The SMILES string of the molecule is O=C1CC=C(c2ccccc2)c2ccccc2O1. The van der Waals surface area contributed by atoms with Crippen molar-refractivity contribution in [3.8, 4) is 5.75 Å². The Balaban J connectivity index is 2.17. The molecule has 0 aliphatic carbocycles. The number of carbonyl (C=O) groups is 1. The zero-order valence-electron chi connectivity index (χ0n) is 9.80. The van der Waals surface area contributed by atoms with Crippen LogP contribution in [0, 0.1) is 0 Å². The molecule has 0 aromatic heterocycles. The smallest absolute Gasteiger partial charge is 0.315 e. The van der Waals surface area contributed by atoms with Crippen LogP contribution in [0.15, 0.2) is 60.7 Å². The van der Waals surface area contributed by atoms with E-state index in [2.05, 4.69) is 0 Å². The van der Waals surface area contributed by atoms with Crippen LogP contribution in [0.3, 0.4) is 0 Å². The molecule has 0 spiro atoms. The van der Waals surface area contributed by atoms with Crippen molar-refractivity contribution in [2.45, 2.75) is 6.42 Å². The first kappa shape index (κ1) is 10.8. The molecule has 0 N–H and O–H groups in total. The predicted molar refractivity (Wildman–Crippen MR) is 70.2 cm³/mol. The molecule has 0 fully saturated rings. The maximum Gasteiger partial charge on any atom is 0.315 e. The van der Waals surface area contributed by atoms with Crippen LogP contribution >= 0.6 is 0 Å². The fourth-order valence-corrected chi connectivity index (χ4v) is 2.13. The van der Waals surface area contributed by atoms with Gasteiger partial charge in [-0.05, 0) is 17.2 Å². The Bertz CT molecular complexity index is 612. The van der Waals surface area contributed by atoms with Crippen LogP contribution in [0.4, 0.5) is 0 Å². The van der Waals surface area contributed by atoms with Gasteiger partial charge in [0.05, 0.1) is 6.42 Å². The van der Waals surface area contributed by atoms with Crippen molar-refractivity contribution in [1.29, 1.82) is 0 Å². The lowest BCUT2D eigenvalue weighted by molar-refractivity contribution is -0.133. The van der Waals surface area contributed by atoms with Crippen molar-refractivity contribution < 1.29 is 9.53 Å². The Hall–Kier alpha value is -2.35. The molecule has 0 radical (unpaired) electrons. The molecule has 0 bridgehead atoms. The monoisotopic (exact) mass is 236 g/mol. The minimum Gasteiger partial charge on any atom is -0.426 e. The van der Waals surface area contributed by atoms with E-state index in [0.29, 0.717) is 12.2 Å². The highest BCUT2D eigenvalue weighted by Gasteiger charge is 2.17. The van der Waals surface area contributed by atoms with E-state index < -0.39 is 0 Å². The number of benzene rings is 2. The van der Waals surface area contributed by atoms with Gasteiger partial charge in [-0.1, -0.05) is 54.6 Å². The van der Waals surface area contributed by atoms with Crippen molar-refractivity contribution in [3.63, 3.8) is 0 Å². The molecule has 0 amide bonds. The molecule has 88 valence electrons. The lowest BCUT2D eigenvalue weighted by Gasteiger charge is -2.09. The highest BCUT2D eigenvalue weighted by atomic mass is 16.5. The van der Waals surface area contributed by atoms with Crippen LogP contribution in [-0.4, -0.2) is 5.97 Å². The summed E-state index contributed by atoms with van der Waals surface area (Å²) in [6, 6.07) is 17.7. The van der Waals surface area contributed by atoms with E-state index in [-0.39, 0.29) is 5.97 Å². The van der Waals surface area contributed by atoms with E-state index in [4.69, 9.17) is 4.74 Å². The lowest BCUT2D eigenvalue weighted by atomic mass is 9.97. The molecule has 2 heteroatoms. The Morgan fingerprint density at radius 2 is 1.61 bits per heavy atom. The molecule has 1 heterocycles. The summed E-state index contributed by atoms with van der Waals surface area (Å²) in [5, 5.41) is 0. The van der Waals surface area contributed by atoms with Crippen molar-refractivity contribution in [1.82, 2.24) is 0 Å². The van der Waals surface area contributed by atoms with Crippen LogP contribution < -0.4 is 4.74 Å². The summed E-state index contributed by atoms with van der Waals surface area (Å²) in [6.07, 6.45) is 2.24. The molecule has 3 rings (SSSR count). The van der Waals surface area contributed by atoms with Gasteiger partial charge in [-0.15, -0.1) is 0 Å². The Morgan fingerprint density at radius 3 is 2.44 bits per heavy atom. The molecule has 0 atom stereocenters. The number of esters is 1. The average Bonchev–Trinajstić information content (AvgIpc) is 2.58. The van der Waals surface area contributed by atoms with Gasteiger partial charge in [0, 0.05) is 5.56 Å². The third-order valence-corrected chi connectivity index (χ3v) is 2.96. The molecule has 0 saturated carbocycles. The Morgan fingerprint density at radius 1 is 0.889 bits per heavy atom. The summed E-state index contributed by atoms with van der Waals surface area (Å²) in [5.74, 6) is 0.420. The standard InChI is InChI=1S/C16H12O2/c17-16-11-10-13(12-6-2-1-3-7-12)14-8-4-5-9-15(14)18-16/h1-10H,11H2. The molecule has 0 unspecified atom stereocenters. The molecule has 1 aliphatic heterocycles. The lowest BCUT2D eigenvalue weighted by Crippen LogP contribution is -2.04. The van der Waals surface area contributed by atoms with E-state index in [9.17, 15) is 4.79 Å². The van der Waals surface area contributed by atoms with Gasteiger partial charge >= 0.3 is 5.97 Å². The van der Waals surface area contributed by atoms with E-state index in [0.717, 1.165) is 16.7 Å². The molecular formula is C16H12O2. The summed E-state index contributed by atoms with van der Waals surface area (Å²) in [6.45, 7) is 0. The maximum atomic E-state index is 11.6. The van der Waals surface area contributed by atoms with Crippen LogP contribution in [0.25, 0.3) is 5.57 Å². The first-order chi connectivity index (χ1) is 8.84. The summed E-state index contributed by atoms with van der Waals surface area (Å²) in [4.78, 5) is 11.6. The van der Waals surface area contributed by atoms with Crippen LogP contribution in [0.2, 0.25) is 0 Å². The number of carbonyl (C=O) groups excluding carboxylic acids is 1. The number of para-hydroxylation sites is 1. The van der Waals surface area contributed by atoms with Crippen LogP contribution in [-0.2, 0) is 4.79 Å². The second kappa shape index (κ2) is 4.49. The zero-order valence-corrected chi connectivity index (χ0v) is 9.80. The zero-order chi connectivity index (χ0) is 12.4. The first-order valence-electron chi connectivity index (χ1n) is 5.90. The Labute approximate surface area is 106 Å². The molecule has 1 aliphatic rings. The second-order valence-electron chi connectivity index (χ2n) is 4.16. The van der Waals surface area contributed by atoms with Gasteiger partial charge in [0.25, 0.3) is 0 Å². The number of hydrogen-bond acceptors (Lipinski definition) is 2. The van der Waals surface area contributed by atoms with Gasteiger partial charge in [0.2, 0.25) is 0 Å². The van der Waals surface area contributed by atoms with E-state index in [1.807, 2.05) is 60.7 Å². The van der Waals surface area contributed by atoms with E-state index >= 15 is 0 Å². The topological polar surface area (TPSA) is 26.3 Å². The second-order valence-corrected chi connectivity index (χ2v) is 4.16. The minimum atomic E-state index is -0.214. The van der Waals surface area contributed by atoms with Crippen LogP contribution in [0.1, 0.15) is 17.5 Å². The molecule has 2 aromatic rings. The van der Waals surface area contributed by atoms with Gasteiger partial charge in [-0.3, -0.25) is 4.79 Å². The number of fused-ring (bicyclic) bond motifs is 1. The van der Waals surface area contributed by atoms with Gasteiger partial charge in [0.1, 0.15) is 5.75 Å². The normalized spacial score (nSPS) is 14.2. The summed E-state index contributed by atoms with van der Waals surface area (Å²) >= 11 is 0. The van der Waals surface area contributed by atoms with Gasteiger partial charge < -0.3 is 4.74 Å². The van der Waals surface area contributed by atoms with Gasteiger partial charge in [-0.2, -0.15) is 0 Å². The first-order valence-corrected chi connectivity index (χ1v) is 5.90. The maximum absolute atomic E-state index is 11.6. The van der Waals surface area contributed by atoms with Crippen LogP contribution in [0.5, 0.6) is 5.75 Å². The molecular weight excluding hydrogens is 224 g/mol. The number of rotatable bonds is 1. The van der Waals surface area contributed by atoms with Crippen molar-refractivity contribution in [3.05, 3.63) is 71.8 Å². The van der Waals surface area contributed by atoms with Crippen molar-refractivity contribution in [2.75, 3.05) is 0 Å². The summed E-state index contributed by atoms with van der Waals surface area (Å²) < 4.78 is 5.32. The predicted octanol–water partition coefficient (Wildman–Crippen LogP) is 3.43. The number of hydrogen-bond donors (Lipinski definition) is 0. The molecule has 2 aromatic carbocycles. The third kappa shape index (κ3) is 1.93. The number of ether oxygens (including phenoxy) is 1. The van der Waals surface area contributed by atoms with Crippen molar-refractivity contribution in [2.24, 2.45) is 0 Å². The minimum absolute atomic E-state index is 0.214. The van der Waals surface area contributed by atoms with Gasteiger partial charge in [-0.25, -0.2) is 0 Å². The summed E-state index contributed by atoms with van der Waals surface area (Å²) in [5.41, 5.74) is 3.12. The summed E-state index contributed by atoms with van der Waals surface area (Å²) in [7, 11) is 0. The quantitative estimate of drug-likeness (QED) is 0.560. The Kier molecular flexibility index (Phi) is 2.69. The molecule has 0 saturated heterocycles. The largest absolute Gasteiger partial charge is 0.426 e. The molecule has 18 heavy (non-hydrogen) atoms. The van der Waals surface area contributed by atoms with Crippen molar-refractivity contribution >= 4 is 11.5 Å². The van der Waals surface area contributed by atoms with Gasteiger partial charge in [0.15, 0.2) is 0 Å². The van der Waals surface area contributed by atoms with E-state index in [1.165, 1.54) is 0 Å². The fourth-order valence-electron chi connectivity index (χ4n) is 2.13. The highest BCUT2D eigenvalue weighted by Crippen LogP contribution is 2.33. The average molecular weight is 236 g/mol. The third-order valence-electron chi connectivity index (χ3n) is 2.96.